The molecule has 9 aromatic rings. The fourth-order valence-electron chi connectivity index (χ4n) is 6.54. The summed E-state index contributed by atoms with van der Waals surface area (Å²) in [6.07, 6.45) is 0. The number of nitrogens with zero attached hydrogens (tertiary/aromatic N) is 1. The lowest BCUT2D eigenvalue weighted by molar-refractivity contribution is 0.668. The van der Waals surface area contributed by atoms with Gasteiger partial charge in [0.25, 0.3) is 0 Å². The van der Waals surface area contributed by atoms with Gasteiger partial charge in [-0.15, -0.1) is 0 Å². The predicted octanol–water partition coefficient (Wildman–Crippen LogP) is 11.8. The first-order valence-electron chi connectivity index (χ1n) is 14.5. The number of fused-ring (bicyclic) bond motifs is 7. The Morgan fingerprint density at radius 1 is 0.372 bits per heavy atom. The molecule has 202 valence electrons. The standard InChI is InChI=1S/C40H25NO2/c1-2-13-28-26(11-1)12-9-18-34(28)41(35-19-10-22-39-40(35)31-16-5-8-21-37(31)43-39)33-17-6-3-14-29(33)27-23-24-38-32(25-27)30-15-4-7-20-36(30)42-38/h1-25H. The number of rotatable bonds is 4. The molecule has 3 nitrogen and oxygen atoms in total. The molecule has 3 heteroatoms. The van der Waals surface area contributed by atoms with Gasteiger partial charge in [0.1, 0.15) is 22.3 Å². The fourth-order valence-corrected chi connectivity index (χ4v) is 6.54. The van der Waals surface area contributed by atoms with Crippen LogP contribution < -0.4 is 4.90 Å². The SMILES string of the molecule is c1ccc(N(c2cccc3ccccc23)c2cccc3oc4ccccc4c23)c(-c2ccc3oc4ccccc4c3c2)c1. The molecule has 0 aliphatic heterocycles. The van der Waals surface area contributed by atoms with E-state index in [0.717, 1.165) is 72.1 Å². The summed E-state index contributed by atoms with van der Waals surface area (Å²) in [7, 11) is 0. The van der Waals surface area contributed by atoms with Crippen LogP contribution in [0.1, 0.15) is 0 Å². The second-order valence-corrected chi connectivity index (χ2v) is 10.9. The zero-order valence-electron chi connectivity index (χ0n) is 23.2. The van der Waals surface area contributed by atoms with Gasteiger partial charge >= 0.3 is 0 Å². The van der Waals surface area contributed by atoms with Gasteiger partial charge < -0.3 is 13.7 Å². The molecule has 0 saturated carbocycles. The molecule has 2 heterocycles. The molecule has 0 spiro atoms. The van der Waals surface area contributed by atoms with E-state index in [9.17, 15) is 0 Å². The average molecular weight is 552 g/mol. The van der Waals surface area contributed by atoms with E-state index in [0.29, 0.717) is 0 Å². The first-order valence-corrected chi connectivity index (χ1v) is 14.5. The molecule has 0 fully saturated rings. The van der Waals surface area contributed by atoms with Crippen molar-refractivity contribution >= 4 is 71.7 Å². The summed E-state index contributed by atoms with van der Waals surface area (Å²) >= 11 is 0. The van der Waals surface area contributed by atoms with Crippen LogP contribution in [0.15, 0.2) is 160 Å². The summed E-state index contributed by atoms with van der Waals surface area (Å²) < 4.78 is 12.5. The first-order chi connectivity index (χ1) is 21.3. The number of benzene rings is 7. The number of anilines is 3. The van der Waals surface area contributed by atoms with E-state index in [1.54, 1.807) is 0 Å². The molecule has 0 amide bonds. The third-order valence-electron chi connectivity index (χ3n) is 8.46. The Bertz CT molecular complexity index is 2480. The Labute approximate surface area is 247 Å². The highest BCUT2D eigenvalue weighted by Crippen LogP contribution is 2.47. The molecule has 0 aliphatic rings. The van der Waals surface area contributed by atoms with Crippen molar-refractivity contribution < 1.29 is 8.83 Å². The fraction of sp³-hybridized carbons (Fsp3) is 0. The van der Waals surface area contributed by atoms with Crippen molar-refractivity contribution in [3.63, 3.8) is 0 Å². The largest absolute Gasteiger partial charge is 0.456 e. The van der Waals surface area contributed by atoms with E-state index in [1.165, 1.54) is 10.8 Å². The normalized spacial score (nSPS) is 11.7. The quantitative estimate of drug-likeness (QED) is 0.218. The van der Waals surface area contributed by atoms with Crippen LogP contribution >= 0.6 is 0 Å². The van der Waals surface area contributed by atoms with Crippen molar-refractivity contribution in [1.29, 1.82) is 0 Å². The minimum Gasteiger partial charge on any atom is -0.456 e. The Morgan fingerprint density at radius 3 is 1.86 bits per heavy atom. The molecular weight excluding hydrogens is 526 g/mol. The summed E-state index contributed by atoms with van der Waals surface area (Å²) in [6.45, 7) is 0. The maximum Gasteiger partial charge on any atom is 0.137 e. The predicted molar refractivity (Wildman–Crippen MR) is 179 cm³/mol. The second-order valence-electron chi connectivity index (χ2n) is 10.9. The Morgan fingerprint density at radius 2 is 0.953 bits per heavy atom. The molecule has 43 heavy (non-hydrogen) atoms. The molecule has 0 saturated heterocycles. The molecule has 0 unspecified atom stereocenters. The third kappa shape index (κ3) is 3.68. The van der Waals surface area contributed by atoms with Crippen LogP contribution in [0.4, 0.5) is 17.1 Å². The van der Waals surface area contributed by atoms with Gasteiger partial charge in [-0.3, -0.25) is 0 Å². The van der Waals surface area contributed by atoms with E-state index in [-0.39, 0.29) is 0 Å². The van der Waals surface area contributed by atoms with Crippen molar-refractivity contribution in [2.75, 3.05) is 4.90 Å². The van der Waals surface area contributed by atoms with Crippen LogP contribution in [0, 0.1) is 0 Å². The monoisotopic (exact) mass is 551 g/mol. The number of hydrogen-bond acceptors (Lipinski definition) is 3. The maximum absolute atomic E-state index is 6.36. The summed E-state index contributed by atoms with van der Waals surface area (Å²) in [5.74, 6) is 0. The highest BCUT2D eigenvalue weighted by Gasteiger charge is 2.23. The van der Waals surface area contributed by atoms with Gasteiger partial charge in [-0.2, -0.15) is 0 Å². The summed E-state index contributed by atoms with van der Waals surface area (Å²) in [6, 6.07) is 53.2. The van der Waals surface area contributed by atoms with Crippen molar-refractivity contribution in [2.24, 2.45) is 0 Å². The lowest BCUT2D eigenvalue weighted by Gasteiger charge is -2.29. The highest BCUT2D eigenvalue weighted by molar-refractivity contribution is 6.15. The molecular formula is C40H25NO2. The third-order valence-corrected chi connectivity index (χ3v) is 8.46. The van der Waals surface area contributed by atoms with E-state index in [1.807, 2.05) is 24.3 Å². The number of para-hydroxylation sites is 3. The molecule has 0 bridgehead atoms. The molecule has 0 N–H and O–H groups in total. The van der Waals surface area contributed by atoms with Crippen LogP contribution in [-0.4, -0.2) is 0 Å². The molecule has 2 aromatic heterocycles. The van der Waals surface area contributed by atoms with Crippen molar-refractivity contribution in [3.05, 3.63) is 152 Å². The van der Waals surface area contributed by atoms with Crippen LogP contribution in [0.25, 0.3) is 65.8 Å². The lowest BCUT2D eigenvalue weighted by Crippen LogP contribution is -2.12. The molecule has 7 aromatic carbocycles. The highest BCUT2D eigenvalue weighted by atomic mass is 16.3. The summed E-state index contributed by atoms with van der Waals surface area (Å²) in [4.78, 5) is 2.40. The molecule has 9 rings (SSSR count). The van der Waals surface area contributed by atoms with Gasteiger partial charge in [-0.05, 0) is 59.5 Å². The maximum atomic E-state index is 6.36. The lowest BCUT2D eigenvalue weighted by atomic mass is 9.98. The van der Waals surface area contributed by atoms with Crippen molar-refractivity contribution in [2.45, 2.75) is 0 Å². The second kappa shape index (κ2) is 9.37. The van der Waals surface area contributed by atoms with Crippen LogP contribution in [-0.2, 0) is 0 Å². The Hall–Kier alpha value is -5.80. The van der Waals surface area contributed by atoms with Gasteiger partial charge in [-0.25, -0.2) is 0 Å². The van der Waals surface area contributed by atoms with Gasteiger partial charge in [0.15, 0.2) is 0 Å². The van der Waals surface area contributed by atoms with E-state index in [4.69, 9.17) is 8.83 Å². The number of furan rings is 2. The summed E-state index contributed by atoms with van der Waals surface area (Å²) in [5.41, 5.74) is 9.07. The summed E-state index contributed by atoms with van der Waals surface area (Å²) in [5, 5.41) is 6.80. The van der Waals surface area contributed by atoms with Crippen LogP contribution in [0.2, 0.25) is 0 Å². The van der Waals surface area contributed by atoms with Crippen molar-refractivity contribution in [3.8, 4) is 11.1 Å². The van der Waals surface area contributed by atoms with Gasteiger partial charge in [0.05, 0.1) is 22.4 Å². The minimum absolute atomic E-state index is 0.868. The molecule has 0 atom stereocenters. The average Bonchev–Trinajstić information content (AvgIpc) is 3.64. The van der Waals surface area contributed by atoms with E-state index < -0.39 is 0 Å². The van der Waals surface area contributed by atoms with E-state index in [2.05, 4.69) is 132 Å². The topological polar surface area (TPSA) is 29.5 Å². The zero-order chi connectivity index (χ0) is 28.3. The van der Waals surface area contributed by atoms with Crippen LogP contribution in [0.5, 0.6) is 0 Å². The van der Waals surface area contributed by atoms with Gasteiger partial charge in [0, 0.05) is 27.1 Å². The Balaban J connectivity index is 1.36. The smallest absolute Gasteiger partial charge is 0.137 e. The van der Waals surface area contributed by atoms with Crippen LogP contribution in [0.3, 0.4) is 0 Å². The number of hydrogen-bond donors (Lipinski definition) is 0. The van der Waals surface area contributed by atoms with E-state index >= 15 is 0 Å². The zero-order valence-corrected chi connectivity index (χ0v) is 23.2. The minimum atomic E-state index is 0.868. The van der Waals surface area contributed by atoms with Gasteiger partial charge in [0.2, 0.25) is 0 Å². The Kier molecular flexibility index (Phi) is 5.20. The first kappa shape index (κ1) is 23.9. The van der Waals surface area contributed by atoms with Gasteiger partial charge in [-0.1, -0.05) is 103 Å². The van der Waals surface area contributed by atoms with Crippen molar-refractivity contribution in [1.82, 2.24) is 0 Å². The molecule has 0 radical (unpaired) electrons. The molecule has 0 aliphatic carbocycles.